The molecule has 1 N–H and O–H groups in total. The summed E-state index contributed by atoms with van der Waals surface area (Å²) in [5.74, 6) is -3.84. The van der Waals surface area contributed by atoms with E-state index < -0.39 is 23.5 Å². The lowest BCUT2D eigenvalue weighted by Crippen LogP contribution is -2.23. The van der Waals surface area contributed by atoms with Gasteiger partial charge in [-0.1, -0.05) is 48.6 Å². The Morgan fingerprint density at radius 2 is 1.88 bits per heavy atom. The molecule has 1 saturated heterocycles. The lowest BCUT2D eigenvalue weighted by atomic mass is 9.89. The van der Waals surface area contributed by atoms with Crippen molar-refractivity contribution in [1.29, 1.82) is 0 Å². The first-order chi connectivity index (χ1) is 11.4. The fourth-order valence-corrected chi connectivity index (χ4v) is 2.99. The summed E-state index contributed by atoms with van der Waals surface area (Å²) in [5.41, 5.74) is 1.83. The van der Waals surface area contributed by atoms with E-state index in [9.17, 15) is 18.7 Å². The van der Waals surface area contributed by atoms with Gasteiger partial charge in [0.05, 0.1) is 5.92 Å². The maximum Gasteiger partial charge on any atom is 0.308 e. The second-order valence-electron chi connectivity index (χ2n) is 6.06. The smallest absolute Gasteiger partial charge is 0.308 e. The number of nitrogens with zero attached hydrogens (tertiary/aromatic N) is 1. The lowest BCUT2D eigenvalue weighted by Gasteiger charge is -2.16. The highest BCUT2D eigenvalue weighted by atomic mass is 19.2. The second-order valence-corrected chi connectivity index (χ2v) is 6.06. The summed E-state index contributed by atoms with van der Waals surface area (Å²) < 4.78 is 25.9. The van der Waals surface area contributed by atoms with Crippen molar-refractivity contribution in [2.75, 3.05) is 13.1 Å². The molecule has 1 aliphatic heterocycles. The fraction of sp³-hybridized carbons (Fsp3) is 0.316. The van der Waals surface area contributed by atoms with E-state index in [1.807, 2.05) is 30.3 Å². The minimum absolute atomic E-state index is 0.233. The van der Waals surface area contributed by atoms with Crippen LogP contribution in [-0.2, 0) is 11.3 Å². The van der Waals surface area contributed by atoms with Crippen LogP contribution in [0.15, 0.2) is 66.3 Å². The molecule has 1 aromatic rings. The standard InChI is InChI=1S/C19H21F2NO2/c1-13(8-9-18(21)14(2)20)16-11-22(12-17(16)19(23)24)10-15-6-4-3-5-7-15/h3-9,16-17H,2,10-12H2,1H3,(H,23,24)/b13-8+,18-9+/t16-,17+/m0/s1. The van der Waals surface area contributed by atoms with Crippen LogP contribution in [0.2, 0.25) is 0 Å². The summed E-state index contributed by atoms with van der Waals surface area (Å²) in [4.78, 5) is 13.6. The quantitative estimate of drug-likeness (QED) is 0.797. The molecule has 24 heavy (non-hydrogen) atoms. The summed E-state index contributed by atoms with van der Waals surface area (Å²) in [5, 5.41) is 9.46. The van der Waals surface area contributed by atoms with E-state index in [1.54, 1.807) is 6.92 Å². The average Bonchev–Trinajstić information content (AvgIpc) is 2.97. The molecule has 2 rings (SSSR count). The molecule has 3 nitrogen and oxygen atoms in total. The van der Waals surface area contributed by atoms with Crippen molar-refractivity contribution in [3.63, 3.8) is 0 Å². The Labute approximate surface area is 140 Å². The zero-order valence-electron chi connectivity index (χ0n) is 13.6. The fourth-order valence-electron chi connectivity index (χ4n) is 2.99. The van der Waals surface area contributed by atoms with Crippen molar-refractivity contribution >= 4 is 5.97 Å². The number of hydrogen-bond acceptors (Lipinski definition) is 2. The van der Waals surface area contributed by atoms with Crippen molar-refractivity contribution in [2.24, 2.45) is 11.8 Å². The maximum atomic E-state index is 13.2. The van der Waals surface area contributed by atoms with E-state index >= 15 is 0 Å². The zero-order valence-corrected chi connectivity index (χ0v) is 13.6. The van der Waals surface area contributed by atoms with Crippen LogP contribution in [0.5, 0.6) is 0 Å². The van der Waals surface area contributed by atoms with Crippen LogP contribution in [0, 0.1) is 11.8 Å². The Kier molecular flexibility index (Phi) is 6.04. The first kappa shape index (κ1) is 18.1. The van der Waals surface area contributed by atoms with Crippen LogP contribution in [0.1, 0.15) is 12.5 Å². The number of hydrogen-bond donors (Lipinski definition) is 1. The molecule has 0 bridgehead atoms. The average molecular weight is 333 g/mol. The lowest BCUT2D eigenvalue weighted by molar-refractivity contribution is -0.142. The molecule has 0 unspecified atom stereocenters. The second kappa shape index (κ2) is 8.02. The van der Waals surface area contributed by atoms with E-state index in [0.29, 0.717) is 19.6 Å². The first-order valence-electron chi connectivity index (χ1n) is 7.76. The number of benzene rings is 1. The highest BCUT2D eigenvalue weighted by Gasteiger charge is 2.38. The monoisotopic (exact) mass is 333 g/mol. The van der Waals surface area contributed by atoms with Crippen molar-refractivity contribution in [2.45, 2.75) is 13.5 Å². The number of allylic oxidation sites excluding steroid dienone is 4. The van der Waals surface area contributed by atoms with E-state index in [1.165, 1.54) is 6.08 Å². The topological polar surface area (TPSA) is 40.5 Å². The number of carboxylic acid groups (broad SMARTS) is 1. The van der Waals surface area contributed by atoms with Crippen LogP contribution in [-0.4, -0.2) is 29.1 Å². The molecular formula is C19H21F2NO2. The van der Waals surface area contributed by atoms with Gasteiger partial charge >= 0.3 is 5.97 Å². The maximum absolute atomic E-state index is 13.2. The Hall–Kier alpha value is -2.27. The number of rotatable bonds is 6. The summed E-state index contributed by atoms with van der Waals surface area (Å²) in [6, 6.07) is 9.82. The van der Waals surface area contributed by atoms with E-state index in [4.69, 9.17) is 0 Å². The molecule has 1 aromatic carbocycles. The molecule has 128 valence electrons. The van der Waals surface area contributed by atoms with Crippen molar-refractivity contribution in [1.82, 2.24) is 4.90 Å². The normalized spacial score (nSPS) is 22.6. The van der Waals surface area contributed by atoms with Gasteiger partial charge < -0.3 is 5.11 Å². The van der Waals surface area contributed by atoms with Gasteiger partial charge in [-0.15, -0.1) is 0 Å². The van der Waals surface area contributed by atoms with E-state index in [0.717, 1.165) is 17.2 Å². The summed E-state index contributed by atoms with van der Waals surface area (Å²) in [6.07, 6.45) is 2.43. The predicted octanol–water partition coefficient (Wildman–Crippen LogP) is 4.10. The summed E-state index contributed by atoms with van der Waals surface area (Å²) in [6.45, 7) is 6.31. The summed E-state index contributed by atoms with van der Waals surface area (Å²) >= 11 is 0. The van der Waals surface area contributed by atoms with Crippen molar-refractivity contribution < 1.29 is 18.7 Å². The van der Waals surface area contributed by atoms with Crippen LogP contribution < -0.4 is 0 Å². The van der Waals surface area contributed by atoms with Gasteiger partial charge in [0.1, 0.15) is 0 Å². The molecule has 2 atom stereocenters. The molecule has 5 heteroatoms. The van der Waals surface area contributed by atoms with Gasteiger partial charge in [-0.25, -0.2) is 8.78 Å². The number of aliphatic carboxylic acids is 1. The molecule has 0 aliphatic carbocycles. The van der Waals surface area contributed by atoms with Crippen molar-refractivity contribution in [3.8, 4) is 0 Å². The van der Waals surface area contributed by atoms with Crippen LogP contribution in [0.4, 0.5) is 8.78 Å². The van der Waals surface area contributed by atoms with E-state index in [2.05, 4.69) is 11.5 Å². The molecule has 0 radical (unpaired) electrons. The van der Waals surface area contributed by atoms with Gasteiger partial charge in [-0.3, -0.25) is 9.69 Å². The molecule has 1 heterocycles. The van der Waals surface area contributed by atoms with Gasteiger partial charge in [0.2, 0.25) is 0 Å². The zero-order chi connectivity index (χ0) is 17.7. The molecule has 1 aliphatic rings. The third kappa shape index (κ3) is 4.61. The molecule has 0 saturated carbocycles. The SMILES string of the molecule is C=C(F)/C(F)=C\C=C(/C)[C@@H]1CN(Cc2ccccc2)C[C@H]1C(=O)O. The van der Waals surface area contributed by atoms with Crippen LogP contribution >= 0.6 is 0 Å². The highest BCUT2D eigenvalue weighted by Crippen LogP contribution is 2.31. The van der Waals surface area contributed by atoms with Gasteiger partial charge in [-0.2, -0.15) is 0 Å². The predicted molar refractivity (Wildman–Crippen MR) is 89.5 cm³/mol. The Balaban J connectivity index is 2.13. The first-order valence-corrected chi connectivity index (χ1v) is 7.76. The molecule has 0 amide bonds. The van der Waals surface area contributed by atoms with E-state index in [-0.39, 0.29) is 5.92 Å². The number of likely N-dealkylation sites (tertiary alicyclic amines) is 1. The third-order valence-electron chi connectivity index (χ3n) is 4.30. The molecule has 0 spiro atoms. The number of carbonyl (C=O) groups is 1. The third-order valence-corrected chi connectivity index (χ3v) is 4.30. The van der Waals surface area contributed by atoms with Gasteiger partial charge in [0.15, 0.2) is 11.7 Å². The molecule has 0 aromatic heterocycles. The van der Waals surface area contributed by atoms with Gasteiger partial charge in [-0.05, 0) is 18.6 Å². The minimum Gasteiger partial charge on any atom is -0.481 e. The number of halogens is 2. The Morgan fingerprint density at radius 1 is 1.25 bits per heavy atom. The van der Waals surface area contributed by atoms with Gasteiger partial charge in [0, 0.05) is 25.6 Å². The summed E-state index contributed by atoms with van der Waals surface area (Å²) in [7, 11) is 0. The van der Waals surface area contributed by atoms with Crippen molar-refractivity contribution in [3.05, 3.63) is 71.9 Å². The molecule has 1 fully saturated rings. The van der Waals surface area contributed by atoms with Crippen LogP contribution in [0.3, 0.4) is 0 Å². The van der Waals surface area contributed by atoms with Gasteiger partial charge in [0.25, 0.3) is 0 Å². The molecular weight excluding hydrogens is 312 g/mol. The Morgan fingerprint density at radius 3 is 2.46 bits per heavy atom. The Bertz CT molecular complexity index is 667. The minimum atomic E-state index is -1.13. The largest absolute Gasteiger partial charge is 0.481 e. The highest BCUT2D eigenvalue weighted by molar-refractivity contribution is 5.71. The number of carboxylic acids is 1. The van der Waals surface area contributed by atoms with Crippen LogP contribution in [0.25, 0.3) is 0 Å².